The normalized spacial score (nSPS) is 10.4. The van der Waals surface area contributed by atoms with E-state index < -0.39 is 17.4 Å². The Labute approximate surface area is 111 Å². The van der Waals surface area contributed by atoms with Crippen molar-refractivity contribution in [3.8, 4) is 6.07 Å². The first-order valence-corrected chi connectivity index (χ1v) is 5.62. The number of aliphatic hydroxyl groups excluding tert-OH is 1. The molecule has 1 aromatic rings. The van der Waals surface area contributed by atoms with Crippen LogP contribution in [-0.4, -0.2) is 29.1 Å². The van der Waals surface area contributed by atoms with Gasteiger partial charge in [-0.05, 0) is 38.1 Å². The van der Waals surface area contributed by atoms with Crippen LogP contribution in [0.1, 0.15) is 19.4 Å². The second-order valence-corrected chi connectivity index (χ2v) is 4.64. The quantitative estimate of drug-likeness (QED) is 0.684. The third kappa shape index (κ3) is 4.41. The van der Waals surface area contributed by atoms with E-state index >= 15 is 0 Å². The summed E-state index contributed by atoms with van der Waals surface area (Å²) in [6.45, 7) is 2.92. The average molecular weight is 261 g/mol. The molecule has 100 valence electrons. The number of anilines is 1. The van der Waals surface area contributed by atoms with Crippen LogP contribution in [0.25, 0.3) is 0 Å². The molecule has 0 saturated carbocycles. The molecule has 0 spiro atoms. The Kier molecular flexibility index (Phi) is 4.62. The lowest BCUT2D eigenvalue weighted by Crippen LogP contribution is -2.50. The number of amides is 2. The first-order valence-electron chi connectivity index (χ1n) is 5.62. The molecular formula is C13H15N3O3. The molecule has 0 aliphatic rings. The second kappa shape index (κ2) is 5.98. The summed E-state index contributed by atoms with van der Waals surface area (Å²) in [6, 6.07) is 8.07. The van der Waals surface area contributed by atoms with Gasteiger partial charge in [-0.1, -0.05) is 0 Å². The molecule has 0 aromatic heterocycles. The molecule has 0 atom stereocenters. The number of benzene rings is 1. The monoisotopic (exact) mass is 261 g/mol. The Bertz CT molecular complexity index is 515. The van der Waals surface area contributed by atoms with Gasteiger partial charge in [-0.2, -0.15) is 5.26 Å². The maximum Gasteiger partial charge on any atom is 0.313 e. The van der Waals surface area contributed by atoms with E-state index in [-0.39, 0.29) is 6.61 Å². The predicted octanol–water partition coefficient (Wildman–Crippen LogP) is 0.384. The molecule has 2 amide bonds. The lowest BCUT2D eigenvalue weighted by atomic mass is 10.1. The summed E-state index contributed by atoms with van der Waals surface area (Å²) < 4.78 is 0. The van der Waals surface area contributed by atoms with E-state index in [1.165, 1.54) is 24.3 Å². The van der Waals surface area contributed by atoms with Gasteiger partial charge in [0.1, 0.15) is 0 Å². The first kappa shape index (κ1) is 14.7. The van der Waals surface area contributed by atoms with Gasteiger partial charge in [-0.25, -0.2) is 0 Å². The number of nitriles is 1. The molecule has 0 heterocycles. The first-order chi connectivity index (χ1) is 8.88. The van der Waals surface area contributed by atoms with E-state index in [0.717, 1.165) is 0 Å². The standard InChI is InChI=1S/C13H15N3O3/c1-13(2,8-17)16-12(19)11(18)15-10-5-3-9(7-14)4-6-10/h3-6,17H,8H2,1-2H3,(H,15,18)(H,16,19). The van der Waals surface area contributed by atoms with Crippen molar-refractivity contribution >= 4 is 17.5 Å². The minimum Gasteiger partial charge on any atom is -0.394 e. The molecule has 0 radical (unpaired) electrons. The van der Waals surface area contributed by atoms with E-state index in [0.29, 0.717) is 11.3 Å². The van der Waals surface area contributed by atoms with Crippen molar-refractivity contribution in [1.82, 2.24) is 5.32 Å². The Morgan fingerprint density at radius 3 is 2.32 bits per heavy atom. The van der Waals surface area contributed by atoms with E-state index in [1.807, 2.05) is 6.07 Å². The van der Waals surface area contributed by atoms with Crippen LogP contribution in [0.3, 0.4) is 0 Å². The van der Waals surface area contributed by atoms with Crippen molar-refractivity contribution in [2.24, 2.45) is 0 Å². The van der Waals surface area contributed by atoms with E-state index in [9.17, 15) is 9.59 Å². The summed E-state index contributed by atoms with van der Waals surface area (Å²) >= 11 is 0. The van der Waals surface area contributed by atoms with Gasteiger partial charge < -0.3 is 15.7 Å². The number of carbonyl (C=O) groups excluding carboxylic acids is 2. The number of rotatable bonds is 3. The van der Waals surface area contributed by atoms with Crippen LogP contribution in [-0.2, 0) is 9.59 Å². The van der Waals surface area contributed by atoms with E-state index in [2.05, 4.69) is 10.6 Å². The fourth-order valence-corrected chi connectivity index (χ4v) is 1.22. The molecular weight excluding hydrogens is 246 g/mol. The van der Waals surface area contributed by atoms with Gasteiger partial charge in [0.25, 0.3) is 0 Å². The Morgan fingerprint density at radius 1 is 1.26 bits per heavy atom. The number of hydrogen-bond donors (Lipinski definition) is 3. The molecule has 1 aromatic carbocycles. The average Bonchev–Trinajstić information content (AvgIpc) is 2.39. The highest BCUT2D eigenvalue weighted by Gasteiger charge is 2.23. The van der Waals surface area contributed by atoms with Crippen LogP contribution in [0.5, 0.6) is 0 Å². The van der Waals surface area contributed by atoms with Crippen LogP contribution >= 0.6 is 0 Å². The lowest BCUT2D eigenvalue weighted by molar-refractivity contribution is -0.137. The Balaban J connectivity index is 2.64. The third-order valence-corrected chi connectivity index (χ3v) is 2.33. The molecule has 3 N–H and O–H groups in total. The van der Waals surface area contributed by atoms with Crippen molar-refractivity contribution in [2.45, 2.75) is 19.4 Å². The SMILES string of the molecule is CC(C)(CO)NC(=O)C(=O)Nc1ccc(C#N)cc1. The largest absolute Gasteiger partial charge is 0.394 e. The van der Waals surface area contributed by atoms with E-state index in [1.54, 1.807) is 13.8 Å². The minimum atomic E-state index is -0.862. The number of nitrogens with one attached hydrogen (secondary N) is 2. The summed E-state index contributed by atoms with van der Waals surface area (Å²) in [5.41, 5.74) is 0.0174. The zero-order valence-electron chi connectivity index (χ0n) is 10.7. The van der Waals surface area contributed by atoms with Gasteiger partial charge in [-0.3, -0.25) is 9.59 Å². The molecule has 6 heteroatoms. The highest BCUT2D eigenvalue weighted by Crippen LogP contribution is 2.08. The molecule has 0 saturated heterocycles. The topological polar surface area (TPSA) is 102 Å². The smallest absolute Gasteiger partial charge is 0.313 e. The number of hydrogen-bond acceptors (Lipinski definition) is 4. The Morgan fingerprint density at radius 2 is 1.84 bits per heavy atom. The van der Waals surface area contributed by atoms with Gasteiger partial charge in [0, 0.05) is 5.69 Å². The van der Waals surface area contributed by atoms with Crippen LogP contribution in [0, 0.1) is 11.3 Å². The van der Waals surface area contributed by atoms with Crippen LogP contribution in [0.4, 0.5) is 5.69 Å². The van der Waals surface area contributed by atoms with Crippen LogP contribution in [0.2, 0.25) is 0 Å². The summed E-state index contributed by atoms with van der Waals surface area (Å²) in [5, 5.41) is 22.4. The van der Waals surface area contributed by atoms with Crippen molar-refractivity contribution in [3.05, 3.63) is 29.8 Å². The summed E-state index contributed by atoms with van der Waals surface area (Å²) in [7, 11) is 0. The summed E-state index contributed by atoms with van der Waals surface area (Å²) in [6.07, 6.45) is 0. The van der Waals surface area contributed by atoms with Gasteiger partial charge in [0.05, 0.1) is 23.8 Å². The zero-order chi connectivity index (χ0) is 14.5. The van der Waals surface area contributed by atoms with Crippen molar-refractivity contribution in [3.63, 3.8) is 0 Å². The zero-order valence-corrected chi connectivity index (χ0v) is 10.7. The van der Waals surface area contributed by atoms with Gasteiger partial charge in [-0.15, -0.1) is 0 Å². The maximum absolute atomic E-state index is 11.6. The number of carbonyl (C=O) groups is 2. The van der Waals surface area contributed by atoms with Crippen molar-refractivity contribution in [2.75, 3.05) is 11.9 Å². The highest BCUT2D eigenvalue weighted by atomic mass is 16.3. The highest BCUT2D eigenvalue weighted by molar-refractivity contribution is 6.39. The van der Waals surface area contributed by atoms with Crippen LogP contribution < -0.4 is 10.6 Å². The molecule has 0 aliphatic heterocycles. The molecule has 19 heavy (non-hydrogen) atoms. The maximum atomic E-state index is 11.6. The molecule has 0 fully saturated rings. The van der Waals surface area contributed by atoms with Gasteiger partial charge in [0.2, 0.25) is 0 Å². The van der Waals surface area contributed by atoms with Gasteiger partial charge in [0.15, 0.2) is 0 Å². The molecule has 6 nitrogen and oxygen atoms in total. The van der Waals surface area contributed by atoms with Crippen molar-refractivity contribution < 1.29 is 14.7 Å². The molecule has 1 rings (SSSR count). The van der Waals surface area contributed by atoms with E-state index in [4.69, 9.17) is 10.4 Å². The second-order valence-electron chi connectivity index (χ2n) is 4.64. The summed E-state index contributed by atoms with van der Waals surface area (Å²) in [4.78, 5) is 23.1. The fourth-order valence-electron chi connectivity index (χ4n) is 1.22. The fraction of sp³-hybridized carbons (Fsp3) is 0.308. The third-order valence-electron chi connectivity index (χ3n) is 2.33. The minimum absolute atomic E-state index is 0.275. The number of nitrogens with zero attached hydrogens (tertiary/aromatic N) is 1. The van der Waals surface area contributed by atoms with Crippen molar-refractivity contribution in [1.29, 1.82) is 5.26 Å². The molecule has 0 aliphatic carbocycles. The number of aliphatic hydroxyl groups is 1. The van der Waals surface area contributed by atoms with Gasteiger partial charge >= 0.3 is 11.8 Å². The lowest BCUT2D eigenvalue weighted by Gasteiger charge is -2.22. The molecule has 0 unspecified atom stereocenters. The van der Waals surface area contributed by atoms with Crippen LogP contribution in [0.15, 0.2) is 24.3 Å². The molecule has 0 bridgehead atoms. The Hall–Kier alpha value is -2.39. The predicted molar refractivity (Wildman–Crippen MR) is 69.1 cm³/mol. The summed E-state index contributed by atoms with van der Waals surface area (Å²) in [5.74, 6) is -1.66.